The lowest BCUT2D eigenvalue weighted by Gasteiger charge is -2.08. The molecule has 0 spiro atoms. The number of rotatable bonds is 4. The van der Waals surface area contributed by atoms with Gasteiger partial charge in [-0.05, 0) is 47.5 Å². The molecule has 0 aromatic heterocycles. The van der Waals surface area contributed by atoms with Gasteiger partial charge in [0.25, 0.3) is 11.6 Å². The van der Waals surface area contributed by atoms with Crippen molar-refractivity contribution in [1.82, 2.24) is 4.90 Å². The van der Waals surface area contributed by atoms with Crippen LogP contribution in [0.2, 0.25) is 5.02 Å². The number of nitro benzene ring substituents is 1. The number of amides is 1. The molecule has 6 nitrogen and oxygen atoms in total. The van der Waals surface area contributed by atoms with Crippen LogP contribution in [0.15, 0.2) is 52.4 Å². The molecule has 8 heteroatoms. The highest BCUT2D eigenvalue weighted by molar-refractivity contribution is 8.18. The Balaban J connectivity index is 1.94. The second kappa shape index (κ2) is 7.94. The van der Waals surface area contributed by atoms with E-state index in [1.807, 2.05) is 24.3 Å². The topological polar surface area (TPSA) is 75.8 Å². The van der Waals surface area contributed by atoms with Crippen LogP contribution in [0.5, 0.6) is 0 Å². The second-order valence-corrected chi connectivity index (χ2v) is 7.24. The standard InChI is InChI=1S/C19H16ClN3O3S/c1-3-13-6-4-5-7-15(13)21-19-22(2)18(24)17(27-19)11-12-8-9-14(20)16(10-12)23(25)26/h4-11H,3H2,1-2H3/b17-11+,21-19?. The molecule has 2 aromatic carbocycles. The predicted octanol–water partition coefficient (Wildman–Crippen LogP) is 5.04. The molecule has 1 fully saturated rings. The number of hydrogen-bond acceptors (Lipinski definition) is 5. The van der Waals surface area contributed by atoms with Gasteiger partial charge in [0.05, 0.1) is 15.5 Å². The molecule has 1 amide bonds. The molecular formula is C19H16ClN3O3S. The first-order valence-corrected chi connectivity index (χ1v) is 9.38. The normalized spacial score (nSPS) is 17.1. The first kappa shape index (κ1) is 19.1. The molecule has 1 aliphatic heterocycles. The van der Waals surface area contributed by atoms with Gasteiger partial charge < -0.3 is 0 Å². The summed E-state index contributed by atoms with van der Waals surface area (Å²) in [5.41, 5.74) is 2.26. The minimum atomic E-state index is -0.547. The van der Waals surface area contributed by atoms with Crippen LogP contribution in [-0.4, -0.2) is 27.9 Å². The van der Waals surface area contributed by atoms with E-state index in [2.05, 4.69) is 11.9 Å². The van der Waals surface area contributed by atoms with E-state index in [1.54, 1.807) is 19.2 Å². The molecular weight excluding hydrogens is 386 g/mol. The Morgan fingerprint density at radius 1 is 1.30 bits per heavy atom. The molecule has 0 saturated carbocycles. The Labute approximate surface area is 165 Å². The smallest absolute Gasteiger partial charge is 0.288 e. The van der Waals surface area contributed by atoms with Gasteiger partial charge in [0.1, 0.15) is 5.02 Å². The molecule has 3 rings (SSSR count). The van der Waals surface area contributed by atoms with Crippen molar-refractivity contribution in [2.75, 3.05) is 7.05 Å². The lowest BCUT2D eigenvalue weighted by atomic mass is 10.1. The summed E-state index contributed by atoms with van der Waals surface area (Å²) < 4.78 is 0. The minimum absolute atomic E-state index is 0.0584. The summed E-state index contributed by atoms with van der Waals surface area (Å²) >= 11 is 7.08. The molecule has 1 heterocycles. The molecule has 0 unspecified atom stereocenters. The first-order chi connectivity index (χ1) is 12.9. The van der Waals surface area contributed by atoms with Crippen LogP contribution in [0.1, 0.15) is 18.1 Å². The lowest BCUT2D eigenvalue weighted by molar-refractivity contribution is -0.384. The van der Waals surface area contributed by atoms with Crippen LogP contribution < -0.4 is 0 Å². The highest BCUT2D eigenvalue weighted by atomic mass is 35.5. The van der Waals surface area contributed by atoms with E-state index < -0.39 is 4.92 Å². The maximum absolute atomic E-state index is 12.5. The number of nitrogens with zero attached hydrogens (tertiary/aromatic N) is 3. The van der Waals surface area contributed by atoms with E-state index in [0.29, 0.717) is 15.6 Å². The number of aryl methyl sites for hydroxylation is 1. The van der Waals surface area contributed by atoms with E-state index in [0.717, 1.165) is 17.7 Å². The number of amidine groups is 1. The number of para-hydroxylation sites is 1. The molecule has 27 heavy (non-hydrogen) atoms. The average Bonchev–Trinajstić information content (AvgIpc) is 2.91. The predicted molar refractivity (Wildman–Crippen MR) is 109 cm³/mol. The van der Waals surface area contributed by atoms with Crippen molar-refractivity contribution in [1.29, 1.82) is 0 Å². The SMILES string of the molecule is CCc1ccccc1N=C1S/C(=C/c2ccc(Cl)c([N+](=O)[O-])c2)C(=O)N1C. The van der Waals surface area contributed by atoms with Crippen molar-refractivity contribution in [3.63, 3.8) is 0 Å². The number of thioether (sulfide) groups is 1. The number of hydrogen-bond donors (Lipinski definition) is 0. The van der Waals surface area contributed by atoms with Crippen molar-refractivity contribution < 1.29 is 9.72 Å². The molecule has 0 aliphatic carbocycles. The number of carbonyl (C=O) groups is 1. The fourth-order valence-corrected chi connectivity index (χ4v) is 3.75. The highest BCUT2D eigenvalue weighted by Gasteiger charge is 2.30. The number of likely N-dealkylation sites (N-methyl/N-ethyl adjacent to an activating group) is 1. The molecule has 0 atom stereocenters. The Morgan fingerprint density at radius 2 is 2.04 bits per heavy atom. The van der Waals surface area contributed by atoms with Crippen LogP contribution in [-0.2, 0) is 11.2 Å². The number of carbonyl (C=O) groups excluding carboxylic acids is 1. The summed E-state index contributed by atoms with van der Waals surface area (Å²) in [6.07, 6.45) is 2.45. The van der Waals surface area contributed by atoms with E-state index in [1.165, 1.54) is 28.8 Å². The van der Waals surface area contributed by atoms with Crippen molar-refractivity contribution in [3.05, 3.63) is 73.6 Å². The monoisotopic (exact) mass is 401 g/mol. The van der Waals surface area contributed by atoms with Gasteiger partial charge in [-0.25, -0.2) is 4.99 Å². The van der Waals surface area contributed by atoms with E-state index >= 15 is 0 Å². The first-order valence-electron chi connectivity index (χ1n) is 8.19. The van der Waals surface area contributed by atoms with Gasteiger partial charge in [0.2, 0.25) is 0 Å². The van der Waals surface area contributed by atoms with Gasteiger partial charge >= 0.3 is 0 Å². The van der Waals surface area contributed by atoms with Crippen molar-refractivity contribution in [2.45, 2.75) is 13.3 Å². The third kappa shape index (κ3) is 4.04. The molecule has 1 aliphatic rings. The molecule has 1 saturated heterocycles. The maximum Gasteiger partial charge on any atom is 0.288 e. The maximum atomic E-state index is 12.5. The van der Waals surface area contributed by atoms with Gasteiger partial charge in [-0.2, -0.15) is 0 Å². The third-order valence-electron chi connectivity index (χ3n) is 4.06. The number of aliphatic imine (C=N–C) groups is 1. The van der Waals surface area contributed by atoms with Crippen LogP contribution in [0.25, 0.3) is 6.08 Å². The van der Waals surface area contributed by atoms with Crippen LogP contribution in [0.3, 0.4) is 0 Å². The second-order valence-electron chi connectivity index (χ2n) is 5.82. The average molecular weight is 402 g/mol. The van der Waals surface area contributed by atoms with Crippen molar-refractivity contribution in [2.24, 2.45) is 4.99 Å². The number of nitro groups is 1. The number of halogens is 1. The quantitative estimate of drug-likeness (QED) is 0.408. The highest BCUT2D eigenvalue weighted by Crippen LogP contribution is 2.35. The van der Waals surface area contributed by atoms with E-state index in [9.17, 15) is 14.9 Å². The van der Waals surface area contributed by atoms with Crippen molar-refractivity contribution in [3.8, 4) is 0 Å². The fourth-order valence-electron chi connectivity index (χ4n) is 2.58. The summed E-state index contributed by atoms with van der Waals surface area (Å²) in [7, 11) is 1.66. The summed E-state index contributed by atoms with van der Waals surface area (Å²) in [6.45, 7) is 2.05. The molecule has 138 valence electrons. The Bertz CT molecular complexity index is 988. The zero-order valence-corrected chi connectivity index (χ0v) is 16.3. The van der Waals surface area contributed by atoms with Gasteiger partial charge in [-0.1, -0.05) is 42.8 Å². The zero-order valence-electron chi connectivity index (χ0n) is 14.7. The van der Waals surface area contributed by atoms with Crippen molar-refractivity contribution >= 4 is 51.9 Å². The largest absolute Gasteiger partial charge is 0.290 e. The van der Waals surface area contributed by atoms with Crippen LogP contribution in [0.4, 0.5) is 11.4 Å². The van der Waals surface area contributed by atoms with Crippen LogP contribution >= 0.6 is 23.4 Å². The zero-order chi connectivity index (χ0) is 19.6. The van der Waals surface area contributed by atoms with E-state index in [4.69, 9.17) is 11.6 Å². The van der Waals surface area contributed by atoms with Gasteiger partial charge in [-0.15, -0.1) is 0 Å². The third-order valence-corrected chi connectivity index (χ3v) is 5.44. The summed E-state index contributed by atoms with van der Waals surface area (Å²) in [5, 5.41) is 11.7. The minimum Gasteiger partial charge on any atom is -0.290 e. The van der Waals surface area contributed by atoms with Gasteiger partial charge in [-0.3, -0.25) is 19.8 Å². The summed E-state index contributed by atoms with van der Waals surface area (Å²) in [4.78, 5) is 29.6. The molecule has 2 aromatic rings. The molecule has 0 radical (unpaired) electrons. The van der Waals surface area contributed by atoms with Gasteiger partial charge in [0, 0.05) is 13.1 Å². The number of benzene rings is 2. The Morgan fingerprint density at radius 3 is 2.74 bits per heavy atom. The van der Waals surface area contributed by atoms with Gasteiger partial charge in [0.15, 0.2) is 5.17 Å². The summed E-state index contributed by atoms with van der Waals surface area (Å²) in [6, 6.07) is 12.2. The Hall–Kier alpha value is -2.64. The van der Waals surface area contributed by atoms with E-state index in [-0.39, 0.29) is 16.6 Å². The fraction of sp³-hybridized carbons (Fsp3) is 0.158. The molecule has 0 N–H and O–H groups in total. The molecule has 0 bridgehead atoms. The Kier molecular flexibility index (Phi) is 5.62. The van der Waals surface area contributed by atoms with Crippen LogP contribution in [0, 0.1) is 10.1 Å². The lowest BCUT2D eigenvalue weighted by Crippen LogP contribution is -2.23. The summed E-state index contributed by atoms with van der Waals surface area (Å²) in [5.74, 6) is -0.203.